The lowest BCUT2D eigenvalue weighted by Crippen LogP contribution is -2.32. The highest BCUT2D eigenvalue weighted by Crippen LogP contribution is 2.42. The lowest BCUT2D eigenvalue weighted by Gasteiger charge is -2.19. The molecule has 8 nitrogen and oxygen atoms in total. The number of nitriles is 1. The highest BCUT2D eigenvalue weighted by molar-refractivity contribution is 9.10. The van der Waals surface area contributed by atoms with Crippen LogP contribution in [-0.2, 0) is 22.6 Å². The van der Waals surface area contributed by atoms with E-state index in [1.54, 1.807) is 36.4 Å². The minimum absolute atomic E-state index is 0.0681. The van der Waals surface area contributed by atoms with Crippen molar-refractivity contribution in [3.63, 3.8) is 0 Å². The number of nitro groups is 1. The van der Waals surface area contributed by atoms with Gasteiger partial charge >= 0.3 is 0 Å². The lowest BCUT2D eigenvalue weighted by molar-refractivity contribution is -0.384. The molecule has 4 rings (SSSR count). The van der Waals surface area contributed by atoms with Crippen LogP contribution in [0.4, 0.5) is 11.4 Å². The third kappa shape index (κ3) is 5.64. The predicted octanol–water partition coefficient (Wildman–Crippen LogP) is 5.10. The van der Waals surface area contributed by atoms with Gasteiger partial charge in [0.15, 0.2) is 0 Å². The number of anilines is 1. The van der Waals surface area contributed by atoms with Gasteiger partial charge in [0.05, 0.1) is 10.2 Å². The zero-order valence-corrected chi connectivity index (χ0v) is 21.2. The van der Waals surface area contributed by atoms with E-state index in [1.807, 2.05) is 36.4 Å². The second-order valence-corrected chi connectivity index (χ2v) is 9.96. The van der Waals surface area contributed by atoms with Crippen molar-refractivity contribution in [3.8, 4) is 6.07 Å². The summed E-state index contributed by atoms with van der Waals surface area (Å²) in [7, 11) is 0. The molecule has 0 radical (unpaired) electrons. The van der Waals surface area contributed by atoms with Crippen LogP contribution in [0.3, 0.4) is 0 Å². The molecule has 1 atom stereocenters. The first-order chi connectivity index (χ1) is 17.4. The molecule has 0 spiro atoms. The first kappa shape index (κ1) is 25.2. The van der Waals surface area contributed by atoms with Gasteiger partial charge in [-0.15, -0.1) is 0 Å². The number of rotatable bonds is 7. The monoisotopic (exact) mass is 562 g/mol. The fourth-order valence-electron chi connectivity index (χ4n) is 3.69. The Kier molecular flexibility index (Phi) is 7.83. The van der Waals surface area contributed by atoms with E-state index in [9.17, 15) is 25.0 Å². The van der Waals surface area contributed by atoms with E-state index < -0.39 is 16.1 Å². The second-order valence-electron chi connectivity index (χ2n) is 7.85. The number of nitrogens with one attached hydrogen (secondary N) is 1. The van der Waals surface area contributed by atoms with Crippen molar-refractivity contribution in [2.45, 2.75) is 18.2 Å². The molecule has 2 amide bonds. The van der Waals surface area contributed by atoms with Crippen LogP contribution in [0.1, 0.15) is 11.1 Å². The van der Waals surface area contributed by atoms with Crippen LogP contribution >= 0.6 is 27.7 Å². The largest absolute Gasteiger partial charge is 0.347 e. The summed E-state index contributed by atoms with van der Waals surface area (Å²) in [5, 5.41) is 23.4. The molecular weight excluding hydrogens is 544 g/mol. The number of hydrogen-bond acceptors (Lipinski definition) is 6. The van der Waals surface area contributed by atoms with Crippen LogP contribution in [-0.4, -0.2) is 22.0 Å². The number of halogens is 1. The Morgan fingerprint density at radius 3 is 2.44 bits per heavy atom. The van der Waals surface area contributed by atoms with E-state index in [4.69, 9.17) is 0 Å². The van der Waals surface area contributed by atoms with Gasteiger partial charge in [0.25, 0.3) is 11.6 Å². The van der Waals surface area contributed by atoms with Crippen molar-refractivity contribution >= 4 is 50.9 Å². The summed E-state index contributed by atoms with van der Waals surface area (Å²) in [6.07, 6.45) is 0.200. The molecule has 1 saturated heterocycles. The molecular formula is C26H19BrN4O4S. The fraction of sp³-hybridized carbons (Fsp3) is 0.115. The van der Waals surface area contributed by atoms with E-state index in [0.29, 0.717) is 11.3 Å². The molecule has 1 aliphatic rings. The molecule has 1 N–H and O–H groups in total. The minimum atomic E-state index is -0.670. The molecule has 0 bridgehead atoms. The van der Waals surface area contributed by atoms with Crippen LogP contribution in [0.5, 0.6) is 0 Å². The maximum absolute atomic E-state index is 13.5. The molecule has 3 aromatic carbocycles. The van der Waals surface area contributed by atoms with Gasteiger partial charge in [0.1, 0.15) is 16.7 Å². The van der Waals surface area contributed by atoms with Gasteiger partial charge in [0.2, 0.25) is 5.91 Å². The Balaban J connectivity index is 1.67. The molecule has 0 aliphatic carbocycles. The zero-order chi connectivity index (χ0) is 25.7. The van der Waals surface area contributed by atoms with Crippen molar-refractivity contribution in [2.75, 3.05) is 4.90 Å². The van der Waals surface area contributed by atoms with Crippen molar-refractivity contribution in [2.24, 2.45) is 0 Å². The highest BCUT2D eigenvalue weighted by atomic mass is 79.9. The number of nitro benzene ring substituents is 1. The first-order valence-electron chi connectivity index (χ1n) is 10.8. The average Bonchev–Trinajstić information content (AvgIpc) is 3.19. The first-order valence-corrected chi connectivity index (χ1v) is 12.5. The van der Waals surface area contributed by atoms with E-state index in [1.165, 1.54) is 17.0 Å². The zero-order valence-electron chi connectivity index (χ0n) is 18.8. The Morgan fingerprint density at radius 2 is 1.78 bits per heavy atom. The normalized spacial score (nSPS) is 16.4. The van der Waals surface area contributed by atoms with E-state index in [0.717, 1.165) is 21.8 Å². The molecule has 1 heterocycles. The molecule has 180 valence electrons. The predicted molar refractivity (Wildman–Crippen MR) is 141 cm³/mol. The summed E-state index contributed by atoms with van der Waals surface area (Å²) in [4.78, 5) is 38.6. The van der Waals surface area contributed by atoms with Gasteiger partial charge in [-0.25, -0.2) is 0 Å². The van der Waals surface area contributed by atoms with Gasteiger partial charge in [-0.2, -0.15) is 5.26 Å². The number of hydrogen-bond donors (Lipinski definition) is 1. The molecule has 3 aromatic rings. The highest BCUT2D eigenvalue weighted by Gasteiger charge is 2.40. The van der Waals surface area contributed by atoms with Crippen LogP contribution < -0.4 is 10.2 Å². The number of amides is 2. The Labute approximate surface area is 219 Å². The summed E-state index contributed by atoms with van der Waals surface area (Å²) in [6.45, 7) is 0.228. The molecule has 10 heteroatoms. The van der Waals surface area contributed by atoms with Gasteiger partial charge in [-0.1, -0.05) is 70.2 Å². The fourth-order valence-corrected chi connectivity index (χ4v) is 5.26. The van der Waals surface area contributed by atoms with Crippen LogP contribution in [0.2, 0.25) is 0 Å². The van der Waals surface area contributed by atoms with Crippen molar-refractivity contribution < 1.29 is 14.5 Å². The maximum atomic E-state index is 13.5. The van der Waals surface area contributed by atoms with E-state index in [2.05, 4.69) is 21.2 Å². The standard InChI is InChI=1S/C26H19BrN4O4S/c27-19-9-11-20(12-10-19)30-25(33)23(14-18-7-4-8-21(13-18)31(34)35)36-26(30)22(15-28)24(32)29-16-17-5-2-1-3-6-17/h1-13,23H,14,16H2,(H,29,32). The molecule has 1 unspecified atom stereocenters. The number of carbonyl (C=O) groups excluding carboxylic acids is 2. The average molecular weight is 563 g/mol. The SMILES string of the molecule is N#CC(C(=O)NCc1ccccc1)=C1SC(Cc2cccc([N+](=O)[O-])c2)C(=O)N1c1ccc(Br)cc1. The minimum Gasteiger partial charge on any atom is -0.347 e. The van der Waals surface area contributed by atoms with Crippen molar-refractivity contribution in [1.82, 2.24) is 5.32 Å². The third-order valence-corrected chi connectivity index (χ3v) is 7.22. The van der Waals surface area contributed by atoms with Crippen molar-refractivity contribution in [1.29, 1.82) is 5.26 Å². The number of benzene rings is 3. The third-order valence-electron chi connectivity index (χ3n) is 5.43. The van der Waals surface area contributed by atoms with Crippen LogP contribution in [0, 0.1) is 21.4 Å². The summed E-state index contributed by atoms with van der Waals surface area (Å²) in [5.41, 5.74) is 1.75. The number of nitrogens with zero attached hydrogens (tertiary/aromatic N) is 3. The Hall–Kier alpha value is -3.94. The smallest absolute Gasteiger partial charge is 0.269 e. The number of thioether (sulfide) groups is 1. The van der Waals surface area contributed by atoms with E-state index in [-0.39, 0.29) is 35.2 Å². The molecule has 0 saturated carbocycles. The number of carbonyl (C=O) groups is 2. The Morgan fingerprint density at radius 1 is 1.08 bits per heavy atom. The van der Waals surface area contributed by atoms with E-state index >= 15 is 0 Å². The molecule has 1 fully saturated rings. The molecule has 36 heavy (non-hydrogen) atoms. The van der Waals surface area contributed by atoms with Crippen LogP contribution in [0.25, 0.3) is 0 Å². The maximum Gasteiger partial charge on any atom is 0.269 e. The lowest BCUT2D eigenvalue weighted by atomic mass is 10.1. The van der Waals surface area contributed by atoms with Gasteiger partial charge in [-0.3, -0.25) is 24.6 Å². The Bertz CT molecular complexity index is 1390. The second kappa shape index (κ2) is 11.2. The topological polar surface area (TPSA) is 116 Å². The van der Waals surface area contributed by atoms with Gasteiger partial charge in [0, 0.05) is 28.8 Å². The molecule has 1 aliphatic heterocycles. The summed E-state index contributed by atoms with van der Waals surface area (Å²) in [5.74, 6) is -0.901. The van der Waals surface area contributed by atoms with Crippen molar-refractivity contribution in [3.05, 3.63) is 115 Å². The van der Waals surface area contributed by atoms with Gasteiger partial charge < -0.3 is 5.32 Å². The summed E-state index contributed by atoms with van der Waals surface area (Å²) < 4.78 is 0.810. The number of non-ortho nitro benzene ring substituents is 1. The quantitative estimate of drug-likeness (QED) is 0.185. The van der Waals surface area contributed by atoms with Gasteiger partial charge in [-0.05, 0) is 41.8 Å². The summed E-state index contributed by atoms with van der Waals surface area (Å²) >= 11 is 4.48. The van der Waals surface area contributed by atoms with Crippen LogP contribution in [0.15, 0.2) is 93.9 Å². The summed E-state index contributed by atoms with van der Waals surface area (Å²) in [6, 6.07) is 24.3. The molecule has 0 aromatic heterocycles.